The third-order valence-corrected chi connectivity index (χ3v) is 5.89. The maximum atomic E-state index is 12.8. The summed E-state index contributed by atoms with van der Waals surface area (Å²) in [5.74, 6) is 4.46. The molecular weight excluding hydrogens is 266 g/mol. The van der Waals surface area contributed by atoms with Crippen LogP contribution in [0.1, 0.15) is 63.9 Å². The minimum Gasteiger partial charge on any atom is -0.248 e. The van der Waals surface area contributed by atoms with Gasteiger partial charge in [-0.2, -0.15) is 0 Å². The summed E-state index contributed by atoms with van der Waals surface area (Å²) >= 11 is 0. The summed E-state index contributed by atoms with van der Waals surface area (Å²) in [7, 11) is -2.37. The van der Waals surface area contributed by atoms with Crippen molar-refractivity contribution in [2.45, 2.75) is 69.2 Å². The Bertz CT molecular complexity index is 508. The van der Waals surface area contributed by atoms with E-state index in [0.29, 0.717) is 12.0 Å². The molecule has 0 aromatic heterocycles. The molecule has 1 aliphatic rings. The highest BCUT2D eigenvalue weighted by Gasteiger charge is 2.17. The highest BCUT2D eigenvalue weighted by molar-refractivity contribution is 7.98. The van der Waals surface area contributed by atoms with Crippen LogP contribution in [0, 0.1) is 0 Å². The fraction of sp³-hybridized carbons (Fsp3) is 0.588. The first kappa shape index (κ1) is 15.6. The van der Waals surface area contributed by atoms with Gasteiger partial charge >= 0.3 is 0 Å². The summed E-state index contributed by atoms with van der Waals surface area (Å²) in [4.78, 5) is 0.825. The zero-order valence-corrected chi connectivity index (χ0v) is 13.5. The molecule has 2 nitrogen and oxygen atoms in total. The van der Waals surface area contributed by atoms with Crippen molar-refractivity contribution in [3.8, 4) is 0 Å². The smallest absolute Gasteiger partial charge is 0.0535 e. The summed E-state index contributed by atoms with van der Waals surface area (Å²) < 4.78 is 16.1. The summed E-state index contributed by atoms with van der Waals surface area (Å²) in [5.41, 5.74) is 1.28. The van der Waals surface area contributed by atoms with Crippen molar-refractivity contribution >= 4 is 15.6 Å². The van der Waals surface area contributed by atoms with Gasteiger partial charge in [-0.15, -0.1) is 0 Å². The van der Waals surface area contributed by atoms with Crippen LogP contribution < -0.4 is 4.72 Å². The van der Waals surface area contributed by atoms with Crippen LogP contribution in [-0.2, 0) is 9.71 Å². The van der Waals surface area contributed by atoms with Crippen LogP contribution in [0.25, 0.3) is 0 Å². The van der Waals surface area contributed by atoms with Gasteiger partial charge in [-0.1, -0.05) is 51.7 Å². The lowest BCUT2D eigenvalue weighted by molar-refractivity contribution is 0.536. The van der Waals surface area contributed by atoms with Crippen LogP contribution in [0.3, 0.4) is 0 Å². The molecule has 0 aliphatic heterocycles. The van der Waals surface area contributed by atoms with E-state index in [4.69, 9.17) is 0 Å². The lowest BCUT2D eigenvalue weighted by Crippen LogP contribution is -2.34. The van der Waals surface area contributed by atoms with E-state index in [1.165, 1.54) is 31.2 Å². The number of hydrogen-bond acceptors (Lipinski definition) is 1. The van der Waals surface area contributed by atoms with E-state index in [2.05, 4.69) is 36.6 Å². The van der Waals surface area contributed by atoms with Gasteiger partial charge in [0, 0.05) is 10.9 Å². The van der Waals surface area contributed by atoms with Crippen LogP contribution in [0.4, 0.5) is 0 Å². The molecule has 3 heteroatoms. The van der Waals surface area contributed by atoms with Crippen molar-refractivity contribution in [2.75, 3.05) is 0 Å². The van der Waals surface area contributed by atoms with Crippen LogP contribution in [0.2, 0.25) is 0 Å². The first-order chi connectivity index (χ1) is 9.49. The van der Waals surface area contributed by atoms with Crippen molar-refractivity contribution in [1.29, 1.82) is 0 Å². The van der Waals surface area contributed by atoms with Gasteiger partial charge in [0.15, 0.2) is 0 Å². The van der Waals surface area contributed by atoms with E-state index in [9.17, 15) is 4.21 Å². The average molecular weight is 293 g/mol. The van der Waals surface area contributed by atoms with Gasteiger partial charge in [0.25, 0.3) is 0 Å². The molecule has 20 heavy (non-hydrogen) atoms. The third kappa shape index (κ3) is 4.10. The molecule has 0 amide bonds. The zero-order chi connectivity index (χ0) is 14.6. The topological polar surface area (TPSA) is 29.1 Å². The monoisotopic (exact) mass is 293 g/mol. The Morgan fingerprint density at radius 3 is 2.15 bits per heavy atom. The summed E-state index contributed by atoms with van der Waals surface area (Å²) in [6, 6.07) is 8.43. The van der Waals surface area contributed by atoms with E-state index < -0.39 is 9.71 Å². The average Bonchev–Trinajstić information content (AvgIpc) is 2.67. The van der Waals surface area contributed by atoms with E-state index in [1.54, 1.807) is 0 Å². The molecule has 0 radical (unpaired) electrons. The lowest BCUT2D eigenvalue weighted by Gasteiger charge is -2.20. The van der Waals surface area contributed by atoms with Gasteiger partial charge < -0.3 is 0 Å². The minimum absolute atomic E-state index is 0.354. The van der Waals surface area contributed by atoms with Crippen LogP contribution >= 0.6 is 0 Å². The van der Waals surface area contributed by atoms with Crippen LogP contribution in [0.15, 0.2) is 29.2 Å². The SMILES string of the molecule is C=S(=O)(NC1CCCCCC1)c1ccc(C(C)C)cc1. The lowest BCUT2D eigenvalue weighted by atomic mass is 10.0. The van der Waals surface area contributed by atoms with Gasteiger partial charge in [0.1, 0.15) is 0 Å². The molecule has 1 aromatic rings. The predicted molar refractivity (Wildman–Crippen MR) is 88.7 cm³/mol. The molecule has 1 N–H and O–H groups in total. The Hall–Kier alpha value is -0.800. The van der Waals surface area contributed by atoms with Crippen LogP contribution in [0.5, 0.6) is 0 Å². The number of rotatable bonds is 4. The second-order valence-corrected chi connectivity index (χ2v) is 8.26. The molecule has 0 spiro atoms. The van der Waals surface area contributed by atoms with Crippen molar-refractivity contribution < 1.29 is 4.21 Å². The maximum Gasteiger partial charge on any atom is 0.0535 e. The Kier molecular flexibility index (Phi) is 5.28. The highest BCUT2D eigenvalue weighted by Crippen LogP contribution is 2.21. The number of nitrogens with one attached hydrogen (secondary N) is 1. The fourth-order valence-corrected chi connectivity index (χ4v) is 4.29. The molecule has 1 fully saturated rings. The number of hydrogen-bond donors (Lipinski definition) is 1. The molecule has 1 atom stereocenters. The largest absolute Gasteiger partial charge is 0.248 e. The molecule has 0 saturated heterocycles. The summed E-state index contributed by atoms with van der Waals surface area (Å²) in [6.07, 6.45) is 7.32. The van der Waals surface area contributed by atoms with E-state index in [1.807, 2.05) is 12.1 Å². The highest BCUT2D eigenvalue weighted by atomic mass is 32.2. The van der Waals surface area contributed by atoms with Gasteiger partial charge in [0.05, 0.1) is 9.71 Å². The third-order valence-electron chi connectivity index (χ3n) is 4.14. The van der Waals surface area contributed by atoms with Crippen molar-refractivity contribution in [1.82, 2.24) is 4.72 Å². The number of benzene rings is 1. The predicted octanol–water partition coefficient (Wildman–Crippen LogP) is 4.11. The van der Waals surface area contributed by atoms with Gasteiger partial charge in [-0.05, 0) is 42.3 Å². The summed E-state index contributed by atoms with van der Waals surface area (Å²) in [5, 5.41) is 0. The van der Waals surface area contributed by atoms with Gasteiger partial charge in [-0.25, -0.2) is 8.93 Å². The first-order valence-corrected chi connectivity index (χ1v) is 9.46. The maximum absolute atomic E-state index is 12.8. The second-order valence-electron chi connectivity index (χ2n) is 6.21. The molecule has 112 valence electrons. The summed E-state index contributed by atoms with van der Waals surface area (Å²) in [6.45, 7) is 4.33. The van der Waals surface area contributed by atoms with E-state index in [0.717, 1.165) is 17.7 Å². The van der Waals surface area contributed by atoms with Crippen molar-refractivity contribution in [3.05, 3.63) is 29.8 Å². The standard InChI is InChI=1S/C17H27NOS/c1-14(2)15-10-12-17(13-11-15)20(3,19)18-16-8-6-4-5-7-9-16/h10-14,16H,3-9H2,1-2H3,(H,18,19). The second kappa shape index (κ2) is 6.77. The molecule has 2 rings (SSSR count). The molecule has 1 saturated carbocycles. The molecule has 0 bridgehead atoms. The minimum atomic E-state index is -2.37. The van der Waals surface area contributed by atoms with Gasteiger partial charge in [0.2, 0.25) is 0 Å². The fourth-order valence-electron chi connectivity index (χ4n) is 2.81. The van der Waals surface area contributed by atoms with Crippen molar-refractivity contribution in [2.24, 2.45) is 0 Å². The molecular formula is C17H27NOS. The first-order valence-electron chi connectivity index (χ1n) is 7.73. The molecule has 1 aliphatic carbocycles. The molecule has 1 unspecified atom stereocenters. The van der Waals surface area contributed by atoms with Crippen molar-refractivity contribution in [3.63, 3.8) is 0 Å². The molecule has 1 aromatic carbocycles. The van der Waals surface area contributed by atoms with E-state index in [-0.39, 0.29) is 0 Å². The normalized spacial score (nSPS) is 20.6. The Balaban J connectivity index is 2.09. The molecule has 0 heterocycles. The van der Waals surface area contributed by atoms with Crippen LogP contribution in [-0.4, -0.2) is 16.1 Å². The Labute approximate surface area is 124 Å². The Morgan fingerprint density at radius 2 is 1.65 bits per heavy atom. The quantitative estimate of drug-likeness (QED) is 0.657. The Morgan fingerprint density at radius 1 is 1.10 bits per heavy atom. The zero-order valence-electron chi connectivity index (χ0n) is 12.7. The van der Waals surface area contributed by atoms with Gasteiger partial charge in [-0.3, -0.25) is 0 Å². The van der Waals surface area contributed by atoms with E-state index >= 15 is 0 Å².